The predicted molar refractivity (Wildman–Crippen MR) is 73.3 cm³/mol. The van der Waals surface area contributed by atoms with Crippen LogP contribution in [0.3, 0.4) is 0 Å². The summed E-state index contributed by atoms with van der Waals surface area (Å²) in [6.45, 7) is 3.06. The Hall–Kier alpha value is -0.830. The quantitative estimate of drug-likeness (QED) is 0.885. The number of aryl methyl sites for hydroxylation is 1. The second-order valence-corrected chi connectivity index (χ2v) is 5.53. The Bertz CT molecular complexity index is 340. The minimum absolute atomic E-state index is 0.322. The summed E-state index contributed by atoms with van der Waals surface area (Å²) in [5.41, 5.74) is 1.02. The summed E-state index contributed by atoms with van der Waals surface area (Å²) >= 11 is 0. The molecule has 0 radical (unpaired) electrons. The number of aromatic nitrogens is 2. The first-order valence-electron chi connectivity index (χ1n) is 7.52. The van der Waals surface area contributed by atoms with Gasteiger partial charge in [0, 0.05) is 12.7 Å². The minimum Gasteiger partial charge on any atom is -0.387 e. The predicted octanol–water partition coefficient (Wildman–Crippen LogP) is 3.69. The molecule has 0 aliphatic heterocycles. The summed E-state index contributed by atoms with van der Waals surface area (Å²) in [4.78, 5) is 0. The van der Waals surface area contributed by atoms with Crippen molar-refractivity contribution in [1.29, 1.82) is 0 Å². The first-order valence-corrected chi connectivity index (χ1v) is 7.52. The van der Waals surface area contributed by atoms with Crippen LogP contribution in [0, 0.1) is 5.92 Å². The molecule has 0 aromatic carbocycles. The van der Waals surface area contributed by atoms with Crippen LogP contribution >= 0.6 is 0 Å². The van der Waals surface area contributed by atoms with Crippen molar-refractivity contribution in [3.8, 4) is 0 Å². The van der Waals surface area contributed by atoms with Crippen LogP contribution in [-0.4, -0.2) is 14.9 Å². The van der Waals surface area contributed by atoms with Gasteiger partial charge in [-0.2, -0.15) is 5.10 Å². The molecule has 18 heavy (non-hydrogen) atoms. The van der Waals surface area contributed by atoms with Gasteiger partial charge in [-0.05, 0) is 31.2 Å². The van der Waals surface area contributed by atoms with E-state index >= 15 is 0 Å². The highest BCUT2D eigenvalue weighted by Gasteiger charge is 2.24. The Balaban J connectivity index is 2.03. The molecule has 1 N–H and O–H groups in total. The minimum atomic E-state index is -0.322. The lowest BCUT2D eigenvalue weighted by molar-refractivity contribution is 0.0827. The number of hydrogen-bond acceptors (Lipinski definition) is 2. The van der Waals surface area contributed by atoms with Crippen molar-refractivity contribution in [3.05, 3.63) is 18.0 Å². The summed E-state index contributed by atoms with van der Waals surface area (Å²) in [6, 6.07) is 1.99. The van der Waals surface area contributed by atoms with Gasteiger partial charge in [-0.3, -0.25) is 4.68 Å². The van der Waals surface area contributed by atoms with Gasteiger partial charge in [-0.25, -0.2) is 0 Å². The third kappa shape index (κ3) is 3.35. The largest absolute Gasteiger partial charge is 0.387 e. The first kappa shape index (κ1) is 13.6. The molecule has 1 unspecified atom stereocenters. The van der Waals surface area contributed by atoms with Crippen molar-refractivity contribution in [2.24, 2.45) is 5.92 Å². The van der Waals surface area contributed by atoms with Crippen molar-refractivity contribution < 1.29 is 5.11 Å². The Morgan fingerprint density at radius 2 is 1.94 bits per heavy atom. The summed E-state index contributed by atoms with van der Waals surface area (Å²) < 4.78 is 1.98. The first-order chi connectivity index (χ1) is 8.83. The average Bonchev–Trinajstić information content (AvgIpc) is 2.76. The highest BCUT2D eigenvalue weighted by molar-refractivity contribution is 5.06. The molecule has 3 nitrogen and oxygen atoms in total. The lowest BCUT2D eigenvalue weighted by Gasteiger charge is -2.25. The molecule has 1 saturated carbocycles. The van der Waals surface area contributed by atoms with Gasteiger partial charge in [0.15, 0.2) is 0 Å². The topological polar surface area (TPSA) is 38.0 Å². The normalized spacial score (nSPS) is 20.3. The summed E-state index contributed by atoms with van der Waals surface area (Å²) in [5, 5.41) is 14.9. The van der Waals surface area contributed by atoms with Crippen molar-refractivity contribution in [3.63, 3.8) is 0 Å². The van der Waals surface area contributed by atoms with Gasteiger partial charge in [0.05, 0.1) is 11.8 Å². The molecule has 0 bridgehead atoms. The van der Waals surface area contributed by atoms with Crippen molar-refractivity contribution in [1.82, 2.24) is 9.78 Å². The Labute approximate surface area is 110 Å². The van der Waals surface area contributed by atoms with E-state index < -0.39 is 0 Å². The Morgan fingerprint density at radius 1 is 1.28 bits per heavy atom. The van der Waals surface area contributed by atoms with E-state index in [1.54, 1.807) is 0 Å². The van der Waals surface area contributed by atoms with Gasteiger partial charge in [-0.15, -0.1) is 0 Å². The molecule has 2 rings (SSSR count). The van der Waals surface area contributed by atoms with Crippen LogP contribution in [0.25, 0.3) is 0 Å². The van der Waals surface area contributed by atoms with Gasteiger partial charge < -0.3 is 5.11 Å². The molecule has 3 heteroatoms. The highest BCUT2D eigenvalue weighted by atomic mass is 16.3. The fourth-order valence-electron chi connectivity index (χ4n) is 3.04. The third-order valence-corrected chi connectivity index (χ3v) is 4.08. The second-order valence-electron chi connectivity index (χ2n) is 5.53. The average molecular weight is 250 g/mol. The van der Waals surface area contributed by atoms with Gasteiger partial charge >= 0.3 is 0 Å². The van der Waals surface area contributed by atoms with E-state index in [1.807, 2.05) is 16.9 Å². The van der Waals surface area contributed by atoms with Gasteiger partial charge in [0.1, 0.15) is 0 Å². The van der Waals surface area contributed by atoms with Gasteiger partial charge in [-0.1, -0.05) is 39.0 Å². The molecule has 1 aromatic heterocycles. The Kier molecular flexibility index (Phi) is 5.24. The smallest absolute Gasteiger partial charge is 0.0984 e. The van der Waals surface area contributed by atoms with Crippen LogP contribution in [0.5, 0.6) is 0 Å². The zero-order chi connectivity index (χ0) is 12.8. The van der Waals surface area contributed by atoms with E-state index in [0.717, 1.165) is 18.7 Å². The van der Waals surface area contributed by atoms with Crippen LogP contribution in [0.1, 0.15) is 70.1 Å². The summed E-state index contributed by atoms with van der Waals surface area (Å²) in [5.74, 6) is 0.428. The monoisotopic (exact) mass is 250 g/mol. The van der Waals surface area contributed by atoms with Crippen molar-refractivity contribution in [2.45, 2.75) is 70.9 Å². The van der Waals surface area contributed by atoms with Crippen LogP contribution in [-0.2, 0) is 6.54 Å². The van der Waals surface area contributed by atoms with Crippen molar-refractivity contribution >= 4 is 0 Å². The molecular weight excluding hydrogens is 224 g/mol. The van der Waals surface area contributed by atoms with Crippen LogP contribution in [0.2, 0.25) is 0 Å². The summed E-state index contributed by atoms with van der Waals surface area (Å²) in [6.07, 6.45) is 11.5. The van der Waals surface area contributed by atoms with E-state index in [2.05, 4.69) is 12.0 Å². The van der Waals surface area contributed by atoms with E-state index in [0.29, 0.717) is 5.92 Å². The van der Waals surface area contributed by atoms with E-state index in [-0.39, 0.29) is 6.10 Å². The number of rotatable bonds is 4. The molecule has 1 fully saturated rings. The lowest BCUT2D eigenvalue weighted by Crippen LogP contribution is -2.18. The van der Waals surface area contributed by atoms with Crippen LogP contribution in [0.15, 0.2) is 12.3 Å². The standard InChI is InChI=1S/C15H26N2O/c1-2-12-17-14(10-11-16-17)15(18)13-8-6-4-3-5-7-9-13/h10-11,13,15,18H,2-9,12H2,1H3. The fourth-order valence-corrected chi connectivity index (χ4v) is 3.04. The Morgan fingerprint density at radius 3 is 2.61 bits per heavy atom. The fraction of sp³-hybridized carbons (Fsp3) is 0.800. The molecule has 1 heterocycles. The highest BCUT2D eigenvalue weighted by Crippen LogP contribution is 2.32. The molecule has 0 spiro atoms. The second kappa shape index (κ2) is 6.93. The maximum Gasteiger partial charge on any atom is 0.0984 e. The molecule has 102 valence electrons. The molecule has 1 aliphatic rings. The maximum atomic E-state index is 10.6. The zero-order valence-electron chi connectivity index (χ0n) is 11.5. The molecule has 1 atom stereocenters. The van der Waals surface area contributed by atoms with Gasteiger partial charge in [0.2, 0.25) is 0 Å². The number of hydrogen-bond donors (Lipinski definition) is 1. The zero-order valence-corrected chi connectivity index (χ0v) is 11.5. The SMILES string of the molecule is CCCn1nccc1C(O)C1CCCCCCC1. The van der Waals surface area contributed by atoms with E-state index in [1.165, 1.54) is 44.9 Å². The van der Waals surface area contributed by atoms with E-state index in [4.69, 9.17) is 0 Å². The number of aliphatic hydroxyl groups is 1. The lowest BCUT2D eigenvalue weighted by atomic mass is 9.86. The molecule has 1 aromatic rings. The molecule has 1 aliphatic carbocycles. The number of aliphatic hydroxyl groups excluding tert-OH is 1. The van der Waals surface area contributed by atoms with Gasteiger partial charge in [0.25, 0.3) is 0 Å². The number of nitrogens with zero attached hydrogens (tertiary/aromatic N) is 2. The summed E-state index contributed by atoms with van der Waals surface area (Å²) in [7, 11) is 0. The van der Waals surface area contributed by atoms with Crippen LogP contribution in [0.4, 0.5) is 0 Å². The van der Waals surface area contributed by atoms with E-state index in [9.17, 15) is 5.11 Å². The molecular formula is C15H26N2O. The molecule has 0 amide bonds. The molecule has 0 saturated heterocycles. The van der Waals surface area contributed by atoms with Crippen molar-refractivity contribution in [2.75, 3.05) is 0 Å². The third-order valence-electron chi connectivity index (χ3n) is 4.08. The van der Waals surface area contributed by atoms with Crippen LogP contribution < -0.4 is 0 Å². The maximum absolute atomic E-state index is 10.6.